The van der Waals surface area contributed by atoms with Crippen LogP contribution in [0, 0.1) is 13.8 Å². The molecule has 2 aromatic carbocycles. The molecule has 0 aliphatic heterocycles. The van der Waals surface area contributed by atoms with Crippen LogP contribution in [-0.4, -0.2) is 28.9 Å². The van der Waals surface area contributed by atoms with Crippen LogP contribution in [0.3, 0.4) is 0 Å². The van der Waals surface area contributed by atoms with Crippen LogP contribution in [0.5, 0.6) is 0 Å². The number of hydrogen-bond donors (Lipinski definition) is 0. The fourth-order valence-electron chi connectivity index (χ4n) is 3.11. The van der Waals surface area contributed by atoms with E-state index in [1.165, 1.54) is 11.3 Å². The molecule has 0 radical (unpaired) electrons. The van der Waals surface area contributed by atoms with Crippen molar-refractivity contribution >= 4 is 40.3 Å². The summed E-state index contributed by atoms with van der Waals surface area (Å²) in [6, 6.07) is 10.9. The molecule has 3 aromatic rings. The predicted molar refractivity (Wildman–Crippen MR) is 118 cm³/mol. The molecule has 0 atom stereocenters. The highest BCUT2D eigenvalue weighted by Gasteiger charge is 2.23. The van der Waals surface area contributed by atoms with Crippen LogP contribution in [0.15, 0.2) is 36.4 Å². The largest absolute Gasteiger partial charge is 0.298 e. The Morgan fingerprint density at radius 2 is 1.86 bits per heavy atom. The summed E-state index contributed by atoms with van der Waals surface area (Å²) >= 11 is 7.60. The summed E-state index contributed by atoms with van der Waals surface area (Å²) in [7, 11) is 0. The van der Waals surface area contributed by atoms with Crippen molar-refractivity contribution in [3.63, 3.8) is 0 Å². The van der Waals surface area contributed by atoms with E-state index < -0.39 is 0 Å². The number of aryl methyl sites for hydroxylation is 2. The van der Waals surface area contributed by atoms with Crippen molar-refractivity contribution in [3.05, 3.63) is 63.7 Å². The number of aldehydes is 1. The molecule has 3 rings (SSSR count). The van der Waals surface area contributed by atoms with Gasteiger partial charge < -0.3 is 0 Å². The Morgan fingerprint density at radius 3 is 2.48 bits per heavy atom. The first-order valence-electron chi connectivity index (χ1n) is 9.43. The minimum atomic E-state index is -0.185. The summed E-state index contributed by atoms with van der Waals surface area (Å²) in [6.45, 7) is 6.41. The van der Waals surface area contributed by atoms with Crippen LogP contribution in [0.4, 0.5) is 5.13 Å². The second-order valence-corrected chi connectivity index (χ2v) is 8.18. The monoisotopic (exact) mass is 427 g/mol. The van der Waals surface area contributed by atoms with E-state index >= 15 is 0 Å². The van der Waals surface area contributed by atoms with Gasteiger partial charge in [0.25, 0.3) is 5.91 Å². The summed E-state index contributed by atoms with van der Waals surface area (Å²) in [5.74, 6) is -0.185. The molecule has 0 saturated carbocycles. The van der Waals surface area contributed by atoms with E-state index in [0.29, 0.717) is 32.8 Å². The SMILES string of the molecule is CCCCN(C(=O)c1ccccc1Cl)c1nnc(-c2cc(C)c(C=O)c(C)c2)s1. The summed E-state index contributed by atoms with van der Waals surface area (Å²) in [5, 5.41) is 10.2. The third-order valence-electron chi connectivity index (χ3n) is 4.69. The Morgan fingerprint density at radius 1 is 1.17 bits per heavy atom. The maximum Gasteiger partial charge on any atom is 0.261 e. The summed E-state index contributed by atoms with van der Waals surface area (Å²) < 4.78 is 0. The molecule has 150 valence electrons. The fourth-order valence-corrected chi connectivity index (χ4v) is 4.18. The standard InChI is InChI=1S/C22H22ClN3O2S/c1-4-5-10-26(21(28)17-8-6-7-9-19(17)23)22-25-24-20(29-22)16-11-14(2)18(13-27)15(3)12-16/h6-9,11-13H,4-5,10H2,1-3H3. The summed E-state index contributed by atoms with van der Waals surface area (Å²) in [6.07, 6.45) is 2.66. The van der Waals surface area contributed by atoms with Crippen molar-refractivity contribution in [1.29, 1.82) is 0 Å². The van der Waals surface area contributed by atoms with Crippen LogP contribution in [0.1, 0.15) is 51.6 Å². The van der Waals surface area contributed by atoms with Gasteiger partial charge in [0, 0.05) is 17.7 Å². The number of halogens is 1. The van der Waals surface area contributed by atoms with Gasteiger partial charge in [0.05, 0.1) is 10.6 Å². The molecular formula is C22H22ClN3O2S. The van der Waals surface area contributed by atoms with Gasteiger partial charge in [0.2, 0.25) is 5.13 Å². The van der Waals surface area contributed by atoms with Gasteiger partial charge in [-0.2, -0.15) is 0 Å². The van der Waals surface area contributed by atoms with E-state index in [9.17, 15) is 9.59 Å². The number of benzene rings is 2. The zero-order chi connectivity index (χ0) is 21.0. The lowest BCUT2D eigenvalue weighted by molar-refractivity contribution is 0.0986. The van der Waals surface area contributed by atoms with Crippen molar-refractivity contribution in [2.24, 2.45) is 0 Å². The lowest BCUT2D eigenvalue weighted by Gasteiger charge is -2.19. The third kappa shape index (κ3) is 4.54. The average molecular weight is 428 g/mol. The number of amides is 1. The van der Waals surface area contributed by atoms with Crippen molar-refractivity contribution in [3.8, 4) is 10.6 Å². The Hall–Kier alpha value is -2.57. The molecule has 0 spiro atoms. The summed E-state index contributed by atoms with van der Waals surface area (Å²) in [5.41, 5.74) is 3.81. The van der Waals surface area contributed by atoms with Crippen LogP contribution in [0.25, 0.3) is 10.6 Å². The number of aromatic nitrogens is 2. The maximum atomic E-state index is 13.2. The molecule has 0 bridgehead atoms. The first kappa shape index (κ1) is 21.1. The second kappa shape index (κ2) is 9.29. The summed E-state index contributed by atoms with van der Waals surface area (Å²) in [4.78, 5) is 26.0. The van der Waals surface area contributed by atoms with E-state index in [4.69, 9.17) is 11.6 Å². The lowest BCUT2D eigenvalue weighted by atomic mass is 10.0. The zero-order valence-corrected chi connectivity index (χ0v) is 18.2. The smallest absolute Gasteiger partial charge is 0.261 e. The first-order valence-corrected chi connectivity index (χ1v) is 10.6. The lowest BCUT2D eigenvalue weighted by Crippen LogP contribution is -2.32. The molecule has 1 heterocycles. The van der Waals surface area contributed by atoms with Gasteiger partial charge in [-0.1, -0.05) is 48.4 Å². The Kier molecular flexibility index (Phi) is 6.77. The van der Waals surface area contributed by atoms with Crippen LogP contribution in [0.2, 0.25) is 5.02 Å². The number of carbonyl (C=O) groups is 2. The van der Waals surface area contributed by atoms with E-state index in [2.05, 4.69) is 17.1 Å². The number of rotatable bonds is 7. The van der Waals surface area contributed by atoms with Crippen molar-refractivity contribution in [2.75, 3.05) is 11.4 Å². The van der Waals surface area contributed by atoms with E-state index in [1.807, 2.05) is 26.0 Å². The molecule has 0 fully saturated rings. The molecule has 7 heteroatoms. The molecular weight excluding hydrogens is 406 g/mol. The van der Waals surface area contributed by atoms with Gasteiger partial charge in [-0.05, 0) is 55.7 Å². The van der Waals surface area contributed by atoms with Gasteiger partial charge in [-0.3, -0.25) is 14.5 Å². The number of hydrogen-bond acceptors (Lipinski definition) is 5. The van der Waals surface area contributed by atoms with Gasteiger partial charge in [-0.15, -0.1) is 10.2 Å². The molecule has 0 aliphatic rings. The molecule has 1 aromatic heterocycles. The second-order valence-electron chi connectivity index (χ2n) is 6.82. The van der Waals surface area contributed by atoms with Gasteiger partial charge in [-0.25, -0.2) is 0 Å². The molecule has 5 nitrogen and oxygen atoms in total. The minimum absolute atomic E-state index is 0.185. The van der Waals surface area contributed by atoms with Crippen molar-refractivity contribution < 1.29 is 9.59 Å². The fraction of sp³-hybridized carbons (Fsp3) is 0.273. The Balaban J connectivity index is 1.97. The van der Waals surface area contributed by atoms with Crippen LogP contribution in [-0.2, 0) is 0 Å². The molecule has 0 saturated heterocycles. The predicted octanol–water partition coefficient (Wildman–Crippen LogP) is 5.73. The maximum absolute atomic E-state index is 13.2. The van der Waals surface area contributed by atoms with Gasteiger partial charge >= 0.3 is 0 Å². The van der Waals surface area contributed by atoms with Crippen LogP contribution < -0.4 is 4.90 Å². The minimum Gasteiger partial charge on any atom is -0.298 e. The molecule has 1 amide bonds. The topological polar surface area (TPSA) is 63.2 Å². The number of carbonyl (C=O) groups excluding carboxylic acids is 2. The highest BCUT2D eigenvalue weighted by molar-refractivity contribution is 7.18. The van der Waals surface area contributed by atoms with E-state index in [-0.39, 0.29) is 5.91 Å². The first-order chi connectivity index (χ1) is 14.0. The molecule has 29 heavy (non-hydrogen) atoms. The normalized spacial score (nSPS) is 10.8. The zero-order valence-electron chi connectivity index (χ0n) is 16.6. The van der Waals surface area contributed by atoms with Crippen molar-refractivity contribution in [2.45, 2.75) is 33.6 Å². The number of nitrogens with zero attached hydrogens (tertiary/aromatic N) is 3. The van der Waals surface area contributed by atoms with Gasteiger partial charge in [0.15, 0.2) is 6.29 Å². The highest BCUT2D eigenvalue weighted by Crippen LogP contribution is 2.32. The average Bonchev–Trinajstić information content (AvgIpc) is 3.18. The Bertz CT molecular complexity index is 1030. The third-order valence-corrected chi connectivity index (χ3v) is 6.01. The molecule has 0 N–H and O–H groups in total. The molecule has 0 aliphatic carbocycles. The number of unbranched alkanes of at least 4 members (excludes halogenated alkanes) is 1. The highest BCUT2D eigenvalue weighted by atomic mass is 35.5. The van der Waals surface area contributed by atoms with Crippen LogP contribution >= 0.6 is 22.9 Å². The molecule has 0 unspecified atom stereocenters. The van der Waals surface area contributed by atoms with Crippen molar-refractivity contribution in [1.82, 2.24) is 10.2 Å². The van der Waals surface area contributed by atoms with E-state index in [1.54, 1.807) is 29.2 Å². The Labute approximate surface area is 179 Å². The van der Waals surface area contributed by atoms with E-state index in [0.717, 1.165) is 35.8 Å². The quantitative estimate of drug-likeness (QED) is 0.451. The van der Waals surface area contributed by atoms with Gasteiger partial charge in [0.1, 0.15) is 5.01 Å². The number of anilines is 1.